The average molecular weight is 278 g/mol. The largest absolute Gasteiger partial charge is 0.433 e. The second-order valence-electron chi connectivity index (χ2n) is 4.58. The molecule has 0 rings (SSSR count). The normalized spacial score (nSPS) is 11.0. The maximum Gasteiger partial charge on any atom is 0.335 e. The van der Waals surface area contributed by atoms with Crippen LogP contribution in [-0.2, 0) is 9.53 Å². The van der Waals surface area contributed by atoms with Gasteiger partial charge in [0.25, 0.3) is 0 Å². The van der Waals surface area contributed by atoms with E-state index in [0.29, 0.717) is 6.42 Å². The van der Waals surface area contributed by atoms with Crippen molar-refractivity contribution in [3.05, 3.63) is 11.6 Å². The molecule has 0 radical (unpaired) electrons. The Morgan fingerprint density at radius 1 is 1.15 bits per heavy atom. The van der Waals surface area contributed by atoms with Crippen molar-refractivity contribution in [1.29, 1.82) is 10.5 Å². The van der Waals surface area contributed by atoms with E-state index in [1.807, 2.05) is 0 Å². The molecule has 110 valence electrons. The molecule has 0 bridgehead atoms. The lowest BCUT2D eigenvalue weighted by Crippen LogP contribution is -2.16. The van der Waals surface area contributed by atoms with E-state index in [4.69, 9.17) is 10.5 Å². The number of hydrogen-bond acceptors (Lipinski definition) is 5. The van der Waals surface area contributed by atoms with Crippen LogP contribution in [0.5, 0.6) is 0 Å². The van der Waals surface area contributed by atoms with Crippen molar-refractivity contribution in [3.63, 3.8) is 0 Å². The lowest BCUT2D eigenvalue weighted by Gasteiger charge is -2.10. The van der Waals surface area contributed by atoms with E-state index >= 15 is 0 Å². The molecule has 0 aliphatic rings. The van der Waals surface area contributed by atoms with Gasteiger partial charge >= 0.3 is 5.97 Å². The van der Waals surface area contributed by atoms with E-state index in [0.717, 1.165) is 25.3 Å². The van der Waals surface area contributed by atoms with Crippen molar-refractivity contribution < 1.29 is 14.6 Å². The number of nitriles is 2. The molecule has 0 aromatic carbocycles. The van der Waals surface area contributed by atoms with E-state index in [9.17, 15) is 9.90 Å². The number of aliphatic hydroxyl groups excluding tert-OH is 1. The van der Waals surface area contributed by atoms with Crippen molar-refractivity contribution in [2.75, 3.05) is 0 Å². The molecule has 1 atom stereocenters. The molecule has 0 spiro atoms. The molecular weight excluding hydrogens is 256 g/mol. The number of hydrogen-bond donors (Lipinski definition) is 1. The molecule has 0 aromatic rings. The van der Waals surface area contributed by atoms with Gasteiger partial charge in [0.1, 0.15) is 17.7 Å². The summed E-state index contributed by atoms with van der Waals surface area (Å²) >= 11 is 0. The van der Waals surface area contributed by atoms with Gasteiger partial charge in [-0.3, -0.25) is 0 Å². The van der Waals surface area contributed by atoms with Crippen LogP contribution in [0.15, 0.2) is 11.6 Å². The fourth-order valence-electron chi connectivity index (χ4n) is 1.71. The molecule has 1 N–H and O–H groups in total. The summed E-state index contributed by atoms with van der Waals surface area (Å²) in [6.45, 7) is 2.17. The van der Waals surface area contributed by atoms with Gasteiger partial charge in [0, 0.05) is 6.42 Å². The first-order valence-electron chi connectivity index (χ1n) is 7.04. The summed E-state index contributed by atoms with van der Waals surface area (Å²) in [5.74, 6) is -0.862. The molecule has 0 saturated carbocycles. The Morgan fingerprint density at radius 2 is 1.70 bits per heavy atom. The second-order valence-corrected chi connectivity index (χ2v) is 4.58. The Hall–Kier alpha value is -1.85. The summed E-state index contributed by atoms with van der Waals surface area (Å²) in [6, 6.07) is 3.10. The fourth-order valence-corrected chi connectivity index (χ4v) is 1.71. The SMILES string of the molecule is CCCCCCCCCC(O)OC(=O)C=C(C#N)C#N. The van der Waals surface area contributed by atoms with Gasteiger partial charge in [-0.25, -0.2) is 4.79 Å². The minimum absolute atomic E-state index is 0.335. The van der Waals surface area contributed by atoms with E-state index in [2.05, 4.69) is 11.7 Å². The fraction of sp³-hybridized carbons (Fsp3) is 0.667. The zero-order valence-electron chi connectivity index (χ0n) is 12.0. The molecule has 0 heterocycles. The van der Waals surface area contributed by atoms with Gasteiger partial charge < -0.3 is 9.84 Å². The standard InChI is InChI=1S/C15H22N2O3/c1-2-3-4-5-6-7-8-9-14(18)20-15(19)10-13(11-16)12-17/h10,14,18H,2-9H2,1H3. The van der Waals surface area contributed by atoms with Crippen molar-refractivity contribution in [3.8, 4) is 12.1 Å². The van der Waals surface area contributed by atoms with E-state index in [1.165, 1.54) is 25.7 Å². The molecule has 5 nitrogen and oxygen atoms in total. The number of nitrogens with zero attached hydrogens (tertiary/aromatic N) is 2. The number of rotatable bonds is 10. The Balaban J connectivity index is 3.72. The van der Waals surface area contributed by atoms with Gasteiger partial charge in [0.05, 0.1) is 6.08 Å². The first kappa shape index (κ1) is 18.1. The van der Waals surface area contributed by atoms with E-state index in [-0.39, 0.29) is 5.57 Å². The molecule has 1 unspecified atom stereocenters. The quantitative estimate of drug-likeness (QED) is 0.218. The topological polar surface area (TPSA) is 94.1 Å². The highest BCUT2D eigenvalue weighted by Crippen LogP contribution is 2.10. The summed E-state index contributed by atoms with van der Waals surface area (Å²) < 4.78 is 4.67. The van der Waals surface area contributed by atoms with E-state index < -0.39 is 12.3 Å². The molecule has 20 heavy (non-hydrogen) atoms. The zero-order valence-corrected chi connectivity index (χ0v) is 12.0. The molecule has 0 aliphatic heterocycles. The van der Waals surface area contributed by atoms with Crippen LogP contribution < -0.4 is 0 Å². The molecule has 0 saturated heterocycles. The highest BCUT2D eigenvalue weighted by molar-refractivity contribution is 5.84. The third kappa shape index (κ3) is 10.1. The number of esters is 1. The van der Waals surface area contributed by atoms with Gasteiger partial charge in [-0.1, -0.05) is 45.4 Å². The van der Waals surface area contributed by atoms with Gasteiger partial charge in [-0.15, -0.1) is 0 Å². The summed E-state index contributed by atoms with van der Waals surface area (Å²) in [6.07, 6.45) is 7.80. The zero-order chi connectivity index (χ0) is 15.2. The highest BCUT2D eigenvalue weighted by atomic mass is 16.6. The van der Waals surface area contributed by atoms with Crippen LogP contribution >= 0.6 is 0 Å². The predicted octanol–water partition coefficient (Wildman–Crippen LogP) is 2.96. The summed E-state index contributed by atoms with van der Waals surface area (Å²) in [5, 5.41) is 26.4. The van der Waals surface area contributed by atoms with Crippen molar-refractivity contribution >= 4 is 5.97 Å². The maximum absolute atomic E-state index is 11.2. The lowest BCUT2D eigenvalue weighted by molar-refractivity contribution is -0.162. The van der Waals surface area contributed by atoms with Crippen molar-refractivity contribution in [2.24, 2.45) is 0 Å². The van der Waals surface area contributed by atoms with Gasteiger partial charge in [-0.2, -0.15) is 10.5 Å². The molecule has 0 aromatic heterocycles. The predicted molar refractivity (Wildman–Crippen MR) is 74.0 cm³/mol. The Bertz CT molecular complexity index is 375. The monoisotopic (exact) mass is 278 g/mol. The number of aliphatic hydroxyl groups is 1. The minimum Gasteiger partial charge on any atom is -0.433 e. The second kappa shape index (κ2) is 12.2. The summed E-state index contributed by atoms with van der Waals surface area (Å²) in [4.78, 5) is 11.2. The molecule has 5 heteroatoms. The van der Waals surface area contributed by atoms with Crippen LogP contribution in [0.4, 0.5) is 0 Å². The van der Waals surface area contributed by atoms with Gasteiger partial charge in [-0.05, 0) is 6.42 Å². The smallest absolute Gasteiger partial charge is 0.335 e. The summed E-state index contributed by atoms with van der Waals surface area (Å²) in [7, 11) is 0. The molecule has 0 aliphatic carbocycles. The molecule has 0 amide bonds. The number of carbonyl (C=O) groups is 1. The third-order valence-corrected chi connectivity index (χ3v) is 2.81. The number of allylic oxidation sites excluding steroid dienone is 1. The van der Waals surface area contributed by atoms with Crippen LogP contribution in [0.1, 0.15) is 58.3 Å². The van der Waals surface area contributed by atoms with Crippen LogP contribution in [0.3, 0.4) is 0 Å². The van der Waals surface area contributed by atoms with Crippen LogP contribution in [0.2, 0.25) is 0 Å². The number of unbranched alkanes of at least 4 members (excludes halogenated alkanes) is 6. The maximum atomic E-state index is 11.2. The Morgan fingerprint density at radius 3 is 2.25 bits per heavy atom. The first-order valence-corrected chi connectivity index (χ1v) is 7.04. The van der Waals surface area contributed by atoms with E-state index in [1.54, 1.807) is 12.1 Å². The summed E-state index contributed by atoms with van der Waals surface area (Å²) in [5.41, 5.74) is -0.335. The van der Waals surface area contributed by atoms with Gasteiger partial charge in [0.15, 0.2) is 0 Å². The minimum atomic E-state index is -1.17. The third-order valence-electron chi connectivity index (χ3n) is 2.81. The first-order chi connectivity index (χ1) is 9.63. The molecule has 0 fully saturated rings. The van der Waals surface area contributed by atoms with Crippen LogP contribution in [-0.4, -0.2) is 17.4 Å². The number of carbonyl (C=O) groups excluding carboxylic acids is 1. The van der Waals surface area contributed by atoms with Gasteiger partial charge in [0.2, 0.25) is 6.29 Å². The van der Waals surface area contributed by atoms with Crippen molar-refractivity contribution in [2.45, 2.75) is 64.6 Å². The Labute approximate surface area is 120 Å². The van der Waals surface area contributed by atoms with Crippen molar-refractivity contribution in [1.82, 2.24) is 0 Å². The van der Waals surface area contributed by atoms with Crippen LogP contribution in [0.25, 0.3) is 0 Å². The Kier molecular flexibility index (Phi) is 11.1. The highest BCUT2D eigenvalue weighted by Gasteiger charge is 2.09. The average Bonchev–Trinajstić information content (AvgIpc) is 2.43. The molecular formula is C15H22N2O3. The van der Waals surface area contributed by atoms with Crippen LogP contribution in [0, 0.1) is 22.7 Å². The lowest BCUT2D eigenvalue weighted by atomic mass is 10.1. The number of ether oxygens (including phenoxy) is 1.